The lowest BCUT2D eigenvalue weighted by Gasteiger charge is -2.30. The van der Waals surface area contributed by atoms with Crippen LogP contribution < -0.4 is 5.32 Å². The zero-order valence-electron chi connectivity index (χ0n) is 17.9. The Balaban J connectivity index is 1.40. The zero-order chi connectivity index (χ0) is 21.8. The highest BCUT2D eigenvalue weighted by molar-refractivity contribution is 7.89. The van der Waals surface area contributed by atoms with E-state index in [1.807, 2.05) is 0 Å². The van der Waals surface area contributed by atoms with E-state index in [4.69, 9.17) is 0 Å². The van der Waals surface area contributed by atoms with Crippen LogP contribution in [0.5, 0.6) is 0 Å². The molecule has 0 saturated heterocycles. The number of anilines is 1. The van der Waals surface area contributed by atoms with Gasteiger partial charge in [0.15, 0.2) is 0 Å². The summed E-state index contributed by atoms with van der Waals surface area (Å²) in [6, 6.07) is 6.19. The minimum Gasteiger partial charge on any atom is -0.296 e. The second kappa shape index (κ2) is 9.75. The number of benzene rings is 1. The van der Waals surface area contributed by atoms with Gasteiger partial charge in [0, 0.05) is 24.6 Å². The summed E-state index contributed by atoms with van der Waals surface area (Å²) in [6.45, 7) is 0. The number of carbonyl (C=O) groups is 1. The highest BCUT2D eigenvalue weighted by Gasteiger charge is 2.29. The maximum Gasteiger partial charge on any atom is 0.257 e. The van der Waals surface area contributed by atoms with Crippen LogP contribution in [0, 0.1) is 0 Å². The number of aromatic nitrogens is 2. The van der Waals surface area contributed by atoms with E-state index in [1.54, 1.807) is 19.2 Å². The van der Waals surface area contributed by atoms with Crippen molar-refractivity contribution >= 4 is 32.4 Å². The van der Waals surface area contributed by atoms with Crippen molar-refractivity contribution in [3.05, 3.63) is 34.8 Å². The minimum atomic E-state index is -3.57. The van der Waals surface area contributed by atoms with Crippen LogP contribution in [-0.2, 0) is 10.0 Å². The van der Waals surface area contributed by atoms with Crippen LogP contribution >= 0.6 is 11.3 Å². The van der Waals surface area contributed by atoms with Gasteiger partial charge < -0.3 is 0 Å². The van der Waals surface area contributed by atoms with Crippen molar-refractivity contribution in [3.8, 4) is 0 Å². The topological polar surface area (TPSA) is 92.3 Å². The van der Waals surface area contributed by atoms with Gasteiger partial charge in [-0.05, 0) is 49.9 Å². The number of nitrogens with one attached hydrogen (secondary N) is 1. The third-order valence-corrected chi connectivity index (χ3v) is 9.42. The summed E-state index contributed by atoms with van der Waals surface area (Å²) in [5.74, 6) is 0.137. The molecule has 0 unspecified atom stereocenters. The quantitative estimate of drug-likeness (QED) is 0.666. The molecule has 1 amide bonds. The Hall–Kier alpha value is -1.84. The first-order valence-electron chi connectivity index (χ1n) is 11.2. The molecule has 1 N–H and O–H groups in total. The van der Waals surface area contributed by atoms with E-state index < -0.39 is 10.0 Å². The molecule has 2 aliphatic rings. The van der Waals surface area contributed by atoms with Crippen LogP contribution in [0.15, 0.2) is 29.2 Å². The molecule has 2 fully saturated rings. The lowest BCUT2D eigenvalue weighted by molar-refractivity contribution is 0.102. The number of amides is 1. The van der Waals surface area contributed by atoms with Gasteiger partial charge in [-0.2, -0.15) is 4.31 Å². The number of hydrogen-bond donors (Lipinski definition) is 1. The van der Waals surface area contributed by atoms with E-state index >= 15 is 0 Å². The molecule has 1 heterocycles. The number of sulfonamides is 1. The highest BCUT2D eigenvalue weighted by Crippen LogP contribution is 2.35. The van der Waals surface area contributed by atoms with Crippen LogP contribution in [0.25, 0.3) is 0 Å². The Morgan fingerprint density at radius 2 is 1.58 bits per heavy atom. The molecule has 0 atom stereocenters. The van der Waals surface area contributed by atoms with Crippen molar-refractivity contribution in [2.24, 2.45) is 0 Å². The lowest BCUT2D eigenvalue weighted by Crippen LogP contribution is -2.38. The van der Waals surface area contributed by atoms with Crippen molar-refractivity contribution in [1.29, 1.82) is 0 Å². The first kappa shape index (κ1) is 22.4. The monoisotopic (exact) mass is 462 g/mol. The first-order chi connectivity index (χ1) is 14.9. The largest absolute Gasteiger partial charge is 0.296 e. The predicted octanol–water partition coefficient (Wildman–Crippen LogP) is 4.79. The van der Waals surface area contributed by atoms with Gasteiger partial charge in [0.1, 0.15) is 5.01 Å². The maximum absolute atomic E-state index is 13.0. The molecular weight excluding hydrogens is 432 g/mol. The van der Waals surface area contributed by atoms with E-state index in [1.165, 1.54) is 53.5 Å². The van der Waals surface area contributed by atoms with Crippen molar-refractivity contribution in [2.75, 3.05) is 12.4 Å². The van der Waals surface area contributed by atoms with E-state index in [-0.39, 0.29) is 16.8 Å². The fourth-order valence-corrected chi connectivity index (χ4v) is 6.88. The van der Waals surface area contributed by atoms with Gasteiger partial charge in [0.2, 0.25) is 15.2 Å². The average molecular weight is 463 g/mol. The molecule has 9 heteroatoms. The van der Waals surface area contributed by atoms with Crippen LogP contribution in [0.1, 0.15) is 85.5 Å². The molecule has 168 valence electrons. The van der Waals surface area contributed by atoms with Gasteiger partial charge >= 0.3 is 0 Å². The van der Waals surface area contributed by atoms with E-state index in [9.17, 15) is 13.2 Å². The number of hydrogen-bond acceptors (Lipinski definition) is 6. The molecule has 2 aliphatic carbocycles. The summed E-state index contributed by atoms with van der Waals surface area (Å²) in [5, 5.41) is 12.7. The van der Waals surface area contributed by atoms with Crippen molar-refractivity contribution in [2.45, 2.75) is 81.1 Å². The molecule has 1 aromatic heterocycles. The molecule has 0 spiro atoms. The molecule has 0 radical (unpaired) electrons. The number of rotatable bonds is 6. The number of carbonyl (C=O) groups excluding carboxylic acids is 1. The zero-order valence-corrected chi connectivity index (χ0v) is 19.6. The first-order valence-corrected chi connectivity index (χ1v) is 13.4. The lowest BCUT2D eigenvalue weighted by atomic mass is 9.90. The van der Waals surface area contributed by atoms with E-state index in [0.29, 0.717) is 16.6 Å². The van der Waals surface area contributed by atoms with Gasteiger partial charge in [0.25, 0.3) is 5.91 Å². The molecule has 31 heavy (non-hydrogen) atoms. The van der Waals surface area contributed by atoms with Crippen LogP contribution in [0.3, 0.4) is 0 Å². The molecule has 7 nitrogen and oxygen atoms in total. The third-order valence-electron chi connectivity index (χ3n) is 6.50. The molecule has 1 aromatic carbocycles. The molecule has 0 bridgehead atoms. The Kier molecular flexibility index (Phi) is 7.03. The molecule has 2 aromatic rings. The van der Waals surface area contributed by atoms with Gasteiger partial charge in [0.05, 0.1) is 4.90 Å². The van der Waals surface area contributed by atoms with Crippen LogP contribution in [0.2, 0.25) is 0 Å². The SMILES string of the molecule is CN(C1CCCCC1)S(=O)(=O)c1ccc(C(=O)Nc2nnc(C3CCCCC3)s2)cc1. The van der Waals surface area contributed by atoms with Gasteiger partial charge in [-0.25, -0.2) is 8.42 Å². The Bertz CT molecular complexity index is 992. The Labute approximate surface area is 188 Å². The second-order valence-electron chi connectivity index (χ2n) is 8.57. The molecule has 0 aliphatic heterocycles. The maximum atomic E-state index is 13.0. The third kappa shape index (κ3) is 5.15. The molecule has 4 rings (SSSR count). The Morgan fingerprint density at radius 1 is 0.968 bits per heavy atom. The van der Waals surface area contributed by atoms with Crippen LogP contribution in [-0.4, -0.2) is 41.9 Å². The van der Waals surface area contributed by atoms with Gasteiger partial charge in [-0.1, -0.05) is 49.9 Å². The van der Waals surface area contributed by atoms with Crippen molar-refractivity contribution in [3.63, 3.8) is 0 Å². The number of nitrogens with zero attached hydrogens (tertiary/aromatic N) is 3. The fraction of sp³-hybridized carbons (Fsp3) is 0.591. The second-order valence-corrected chi connectivity index (χ2v) is 11.6. The average Bonchev–Trinajstić information content (AvgIpc) is 3.28. The summed E-state index contributed by atoms with van der Waals surface area (Å²) in [4.78, 5) is 12.8. The summed E-state index contributed by atoms with van der Waals surface area (Å²) >= 11 is 1.43. The minimum absolute atomic E-state index is 0.0532. The summed E-state index contributed by atoms with van der Waals surface area (Å²) in [5.41, 5.74) is 0.397. The van der Waals surface area contributed by atoms with Crippen molar-refractivity contribution < 1.29 is 13.2 Å². The standard InChI is InChI=1S/C22H30N4O3S2/c1-26(18-10-6-3-7-11-18)31(28,29)19-14-12-16(13-15-19)20(27)23-22-25-24-21(30-22)17-8-4-2-5-9-17/h12-15,17-18H,2-11H2,1H3,(H,23,25,27). The highest BCUT2D eigenvalue weighted by atomic mass is 32.2. The van der Waals surface area contributed by atoms with Gasteiger partial charge in [-0.15, -0.1) is 10.2 Å². The van der Waals surface area contributed by atoms with E-state index in [0.717, 1.165) is 43.5 Å². The summed E-state index contributed by atoms with van der Waals surface area (Å²) in [6.07, 6.45) is 11.1. The molecular formula is C22H30N4O3S2. The van der Waals surface area contributed by atoms with Crippen LogP contribution in [0.4, 0.5) is 5.13 Å². The van der Waals surface area contributed by atoms with E-state index in [2.05, 4.69) is 15.5 Å². The molecule has 2 saturated carbocycles. The summed E-state index contributed by atoms with van der Waals surface area (Å²) < 4.78 is 27.4. The van der Waals surface area contributed by atoms with Crippen molar-refractivity contribution in [1.82, 2.24) is 14.5 Å². The Morgan fingerprint density at radius 3 is 2.23 bits per heavy atom. The normalized spacial score (nSPS) is 18.9. The van der Waals surface area contributed by atoms with Gasteiger partial charge in [-0.3, -0.25) is 10.1 Å². The summed E-state index contributed by atoms with van der Waals surface area (Å²) in [7, 11) is -1.91. The fourth-order valence-electron chi connectivity index (χ4n) is 4.55. The predicted molar refractivity (Wildman–Crippen MR) is 122 cm³/mol. The smallest absolute Gasteiger partial charge is 0.257 e.